The minimum atomic E-state index is -0.384. The first kappa shape index (κ1) is 18.7. The van der Waals surface area contributed by atoms with Crippen LogP contribution in [0.3, 0.4) is 0 Å². The van der Waals surface area contributed by atoms with Crippen molar-refractivity contribution in [1.82, 2.24) is 0 Å². The van der Waals surface area contributed by atoms with Crippen LogP contribution in [0.15, 0.2) is 63.8 Å². The first-order valence-electron chi connectivity index (χ1n) is 7.84. The van der Waals surface area contributed by atoms with Crippen LogP contribution < -0.4 is 10.4 Å². The van der Waals surface area contributed by atoms with E-state index < -0.39 is 0 Å². The van der Waals surface area contributed by atoms with Crippen molar-refractivity contribution < 1.29 is 18.6 Å². The zero-order chi connectivity index (χ0) is 18.1. The predicted molar refractivity (Wildman–Crippen MR) is 96.9 cm³/mol. The molecule has 5 nitrogen and oxygen atoms in total. The van der Waals surface area contributed by atoms with Crippen molar-refractivity contribution in [1.29, 1.82) is 0 Å². The lowest BCUT2D eigenvalue weighted by Crippen LogP contribution is -2.09. The third-order valence-corrected chi connectivity index (χ3v) is 3.46. The Labute approximate surface area is 146 Å². The standard InChI is InChI=1S/C12H12O4.C8H10O/c1-8-11(15-7-14-2)9-5-3-4-6-10(9)16-12(8)13;1-9-7-8-5-3-2-4-6-8/h3-6H,7H2,1-2H3;2-6H,7H2,1H3. The van der Waals surface area contributed by atoms with Gasteiger partial charge in [0, 0.05) is 14.2 Å². The van der Waals surface area contributed by atoms with Crippen LogP contribution in [0.25, 0.3) is 11.0 Å². The number of rotatable bonds is 5. The van der Waals surface area contributed by atoms with Crippen LogP contribution in [0.4, 0.5) is 0 Å². The Balaban J connectivity index is 0.000000212. The maximum absolute atomic E-state index is 11.5. The van der Waals surface area contributed by atoms with Crippen LogP contribution >= 0.6 is 0 Å². The second-order valence-corrected chi connectivity index (χ2v) is 5.31. The van der Waals surface area contributed by atoms with E-state index in [0.717, 1.165) is 5.39 Å². The molecule has 0 aliphatic heterocycles. The van der Waals surface area contributed by atoms with Crippen molar-refractivity contribution in [3.05, 3.63) is 76.1 Å². The molecule has 0 saturated carbocycles. The van der Waals surface area contributed by atoms with Crippen LogP contribution in [0.1, 0.15) is 11.1 Å². The Kier molecular flexibility index (Phi) is 7.19. The molecule has 0 unspecified atom stereocenters. The van der Waals surface area contributed by atoms with Gasteiger partial charge in [-0.1, -0.05) is 42.5 Å². The van der Waals surface area contributed by atoms with Crippen molar-refractivity contribution in [2.24, 2.45) is 0 Å². The topological polar surface area (TPSA) is 57.9 Å². The van der Waals surface area contributed by atoms with Gasteiger partial charge in [-0.3, -0.25) is 0 Å². The number of ether oxygens (including phenoxy) is 3. The fraction of sp³-hybridized carbons (Fsp3) is 0.250. The molecule has 25 heavy (non-hydrogen) atoms. The Morgan fingerprint density at radius 3 is 2.28 bits per heavy atom. The largest absolute Gasteiger partial charge is 0.466 e. The maximum Gasteiger partial charge on any atom is 0.342 e. The van der Waals surface area contributed by atoms with Crippen LogP contribution in [-0.4, -0.2) is 21.0 Å². The molecule has 3 aromatic rings. The Morgan fingerprint density at radius 2 is 1.60 bits per heavy atom. The minimum Gasteiger partial charge on any atom is -0.466 e. The van der Waals surface area contributed by atoms with E-state index >= 15 is 0 Å². The predicted octanol–water partition coefficient (Wildman–Crippen LogP) is 3.92. The SMILES string of the molecule is COCOc1c(C)c(=O)oc2ccccc12.COCc1ccccc1. The smallest absolute Gasteiger partial charge is 0.342 e. The number of fused-ring (bicyclic) bond motifs is 1. The van der Waals surface area contributed by atoms with Crippen LogP contribution in [0.5, 0.6) is 5.75 Å². The molecule has 1 aromatic heterocycles. The van der Waals surface area contributed by atoms with E-state index in [9.17, 15) is 4.79 Å². The molecule has 0 bridgehead atoms. The average Bonchev–Trinajstić information content (AvgIpc) is 2.64. The van der Waals surface area contributed by atoms with Gasteiger partial charge in [-0.05, 0) is 24.6 Å². The van der Waals surface area contributed by atoms with Crippen molar-refractivity contribution in [2.75, 3.05) is 21.0 Å². The minimum absolute atomic E-state index is 0.105. The molecule has 0 N–H and O–H groups in total. The molecule has 0 radical (unpaired) electrons. The van der Waals surface area contributed by atoms with Gasteiger partial charge in [0.2, 0.25) is 0 Å². The summed E-state index contributed by atoms with van der Waals surface area (Å²) in [6.45, 7) is 2.48. The highest BCUT2D eigenvalue weighted by atomic mass is 16.7. The van der Waals surface area contributed by atoms with Gasteiger partial charge < -0.3 is 18.6 Å². The molecule has 0 aliphatic rings. The molecule has 0 amide bonds. The van der Waals surface area contributed by atoms with E-state index in [4.69, 9.17) is 18.6 Å². The fourth-order valence-electron chi connectivity index (χ4n) is 2.26. The van der Waals surface area contributed by atoms with Gasteiger partial charge in [-0.15, -0.1) is 0 Å². The quantitative estimate of drug-likeness (QED) is 0.520. The molecule has 132 valence electrons. The van der Waals surface area contributed by atoms with Crippen LogP contribution in [-0.2, 0) is 16.1 Å². The summed E-state index contributed by atoms with van der Waals surface area (Å²) in [5.74, 6) is 0.522. The molecule has 0 fully saturated rings. The van der Waals surface area contributed by atoms with Crippen molar-refractivity contribution in [3.8, 4) is 5.75 Å². The zero-order valence-corrected chi connectivity index (χ0v) is 14.7. The summed E-state index contributed by atoms with van der Waals surface area (Å²) in [6.07, 6.45) is 0. The lowest BCUT2D eigenvalue weighted by atomic mass is 10.2. The van der Waals surface area contributed by atoms with Gasteiger partial charge in [-0.25, -0.2) is 4.79 Å². The summed E-state index contributed by atoms with van der Waals surface area (Å²) < 4.78 is 20.3. The Bertz CT molecular complexity index is 840. The normalized spacial score (nSPS) is 10.2. The summed E-state index contributed by atoms with van der Waals surface area (Å²) in [4.78, 5) is 11.5. The van der Waals surface area contributed by atoms with E-state index in [0.29, 0.717) is 23.5 Å². The first-order valence-corrected chi connectivity index (χ1v) is 7.84. The first-order chi connectivity index (χ1) is 12.2. The molecule has 5 heteroatoms. The highest BCUT2D eigenvalue weighted by molar-refractivity contribution is 5.84. The van der Waals surface area contributed by atoms with Crippen molar-refractivity contribution in [3.63, 3.8) is 0 Å². The highest BCUT2D eigenvalue weighted by Crippen LogP contribution is 2.26. The third-order valence-electron chi connectivity index (χ3n) is 3.46. The summed E-state index contributed by atoms with van der Waals surface area (Å²) in [7, 11) is 3.23. The molecule has 2 aromatic carbocycles. The van der Waals surface area contributed by atoms with Gasteiger partial charge in [-0.2, -0.15) is 0 Å². The number of hydrogen-bond acceptors (Lipinski definition) is 5. The summed E-state index contributed by atoms with van der Waals surface area (Å²) >= 11 is 0. The highest BCUT2D eigenvalue weighted by Gasteiger charge is 2.11. The maximum atomic E-state index is 11.5. The van der Waals surface area contributed by atoms with Gasteiger partial charge in [0.05, 0.1) is 17.6 Å². The fourth-order valence-corrected chi connectivity index (χ4v) is 2.26. The van der Waals surface area contributed by atoms with E-state index in [1.807, 2.05) is 42.5 Å². The number of hydrogen-bond donors (Lipinski definition) is 0. The second kappa shape index (κ2) is 9.61. The average molecular weight is 342 g/mol. The molecule has 0 spiro atoms. The van der Waals surface area contributed by atoms with Gasteiger partial charge in [0.25, 0.3) is 0 Å². The van der Waals surface area contributed by atoms with E-state index in [-0.39, 0.29) is 12.4 Å². The van der Waals surface area contributed by atoms with Gasteiger partial charge >= 0.3 is 5.63 Å². The molecular formula is C20H22O5. The lowest BCUT2D eigenvalue weighted by Gasteiger charge is -2.09. The molecule has 0 atom stereocenters. The van der Waals surface area contributed by atoms with Gasteiger partial charge in [0.1, 0.15) is 11.3 Å². The number of benzene rings is 2. The van der Waals surface area contributed by atoms with E-state index in [1.54, 1.807) is 26.2 Å². The van der Waals surface area contributed by atoms with Crippen molar-refractivity contribution in [2.45, 2.75) is 13.5 Å². The molecule has 3 rings (SSSR count). The Hall–Kier alpha value is -2.63. The molecule has 0 aliphatic carbocycles. The lowest BCUT2D eigenvalue weighted by molar-refractivity contribution is 0.0514. The third kappa shape index (κ3) is 5.17. The summed E-state index contributed by atoms with van der Waals surface area (Å²) in [6, 6.07) is 17.4. The number of methoxy groups -OCH3 is 2. The molecule has 0 saturated heterocycles. The van der Waals surface area contributed by atoms with Crippen LogP contribution in [0, 0.1) is 6.92 Å². The monoisotopic (exact) mass is 342 g/mol. The molecule has 1 heterocycles. The van der Waals surface area contributed by atoms with Crippen molar-refractivity contribution >= 4 is 11.0 Å². The zero-order valence-electron chi connectivity index (χ0n) is 14.7. The van der Waals surface area contributed by atoms with E-state index in [2.05, 4.69) is 0 Å². The summed E-state index contributed by atoms with van der Waals surface area (Å²) in [5, 5.41) is 0.775. The second-order valence-electron chi connectivity index (χ2n) is 5.31. The molecular weight excluding hydrogens is 320 g/mol. The van der Waals surface area contributed by atoms with Gasteiger partial charge in [0.15, 0.2) is 6.79 Å². The summed E-state index contributed by atoms with van der Waals surface area (Å²) in [5.41, 5.74) is 1.81. The number of para-hydroxylation sites is 1. The van der Waals surface area contributed by atoms with E-state index in [1.165, 1.54) is 12.7 Å². The van der Waals surface area contributed by atoms with Crippen LogP contribution in [0.2, 0.25) is 0 Å². The Morgan fingerprint density at radius 1 is 0.920 bits per heavy atom.